The number of aliphatic carboxylic acids is 1. The van der Waals surface area contributed by atoms with Gasteiger partial charge in [-0.05, 0) is 12.5 Å². The van der Waals surface area contributed by atoms with Gasteiger partial charge >= 0.3 is 5.97 Å². The molecule has 1 unspecified atom stereocenters. The fraction of sp³-hybridized carbons (Fsp3) is 0.455. The van der Waals surface area contributed by atoms with Crippen molar-refractivity contribution in [3.63, 3.8) is 0 Å². The Bertz CT molecular complexity index is 401. The van der Waals surface area contributed by atoms with E-state index in [0.29, 0.717) is 6.42 Å². The number of rotatable bonds is 6. The minimum absolute atomic E-state index is 0.0853. The standard InChI is InChI=1S/C11H14ClFN2O2/c1-2-3-4-9(11(16)17)15-10-8(13)5-7(12)6-14-10/h5-6,9H,2-4H2,1H3,(H,14,15)(H,16,17). The van der Waals surface area contributed by atoms with Crippen molar-refractivity contribution in [2.45, 2.75) is 32.2 Å². The zero-order valence-corrected chi connectivity index (χ0v) is 10.2. The van der Waals surface area contributed by atoms with Gasteiger partial charge in [0.2, 0.25) is 0 Å². The number of unbranched alkanes of at least 4 members (excludes halogenated alkanes) is 1. The van der Waals surface area contributed by atoms with Gasteiger partial charge < -0.3 is 10.4 Å². The Morgan fingerprint density at radius 2 is 2.41 bits per heavy atom. The lowest BCUT2D eigenvalue weighted by Crippen LogP contribution is -2.30. The molecule has 0 aliphatic heterocycles. The van der Waals surface area contributed by atoms with E-state index in [4.69, 9.17) is 16.7 Å². The van der Waals surface area contributed by atoms with Crippen LogP contribution in [0.2, 0.25) is 5.02 Å². The smallest absolute Gasteiger partial charge is 0.326 e. The van der Waals surface area contributed by atoms with Gasteiger partial charge in [0.15, 0.2) is 11.6 Å². The van der Waals surface area contributed by atoms with Crippen molar-refractivity contribution >= 4 is 23.4 Å². The molecule has 2 N–H and O–H groups in total. The molecule has 0 fully saturated rings. The molecule has 1 atom stereocenters. The number of nitrogens with zero attached hydrogens (tertiary/aromatic N) is 1. The Morgan fingerprint density at radius 1 is 1.71 bits per heavy atom. The number of nitrogens with one attached hydrogen (secondary N) is 1. The van der Waals surface area contributed by atoms with Crippen LogP contribution in [0.3, 0.4) is 0 Å². The Kier molecular flexibility index (Phi) is 5.15. The number of aromatic nitrogens is 1. The minimum Gasteiger partial charge on any atom is -0.480 e. The lowest BCUT2D eigenvalue weighted by Gasteiger charge is -2.14. The van der Waals surface area contributed by atoms with Crippen LogP contribution in [-0.2, 0) is 4.79 Å². The van der Waals surface area contributed by atoms with Crippen LogP contribution in [0.25, 0.3) is 0 Å². The van der Waals surface area contributed by atoms with E-state index in [0.717, 1.165) is 18.9 Å². The fourth-order valence-corrected chi connectivity index (χ4v) is 1.50. The highest BCUT2D eigenvalue weighted by Gasteiger charge is 2.18. The summed E-state index contributed by atoms with van der Waals surface area (Å²) in [5, 5.41) is 11.7. The molecule has 0 saturated carbocycles. The van der Waals surface area contributed by atoms with Crippen molar-refractivity contribution in [1.82, 2.24) is 4.98 Å². The van der Waals surface area contributed by atoms with Gasteiger partial charge in [-0.2, -0.15) is 0 Å². The first-order valence-electron chi connectivity index (χ1n) is 5.35. The number of anilines is 1. The summed E-state index contributed by atoms with van der Waals surface area (Å²) in [4.78, 5) is 14.7. The van der Waals surface area contributed by atoms with Gasteiger partial charge in [0, 0.05) is 6.20 Å². The van der Waals surface area contributed by atoms with Crippen LogP contribution in [-0.4, -0.2) is 22.1 Å². The second kappa shape index (κ2) is 6.39. The number of carbonyl (C=O) groups is 1. The highest BCUT2D eigenvalue weighted by atomic mass is 35.5. The lowest BCUT2D eigenvalue weighted by molar-refractivity contribution is -0.138. The largest absolute Gasteiger partial charge is 0.480 e. The summed E-state index contributed by atoms with van der Waals surface area (Å²) in [5.41, 5.74) is 0. The Morgan fingerprint density at radius 3 is 2.94 bits per heavy atom. The van der Waals surface area contributed by atoms with Crippen molar-refractivity contribution in [3.8, 4) is 0 Å². The van der Waals surface area contributed by atoms with Crippen molar-refractivity contribution in [2.75, 3.05) is 5.32 Å². The molecule has 0 radical (unpaired) electrons. The molecule has 1 aromatic rings. The molecule has 0 saturated heterocycles. The van der Waals surface area contributed by atoms with Crippen LogP contribution in [0, 0.1) is 5.82 Å². The van der Waals surface area contributed by atoms with Crippen LogP contribution >= 0.6 is 11.6 Å². The minimum atomic E-state index is -1.02. The number of halogens is 2. The third-order valence-electron chi connectivity index (χ3n) is 2.26. The molecular weight excluding hydrogens is 247 g/mol. The summed E-state index contributed by atoms with van der Waals surface area (Å²) in [6.45, 7) is 1.96. The van der Waals surface area contributed by atoms with E-state index >= 15 is 0 Å². The molecule has 94 valence electrons. The summed E-state index contributed by atoms with van der Waals surface area (Å²) in [6, 6.07) is 0.258. The first-order chi connectivity index (χ1) is 8.04. The van der Waals surface area contributed by atoms with Gasteiger partial charge in [-0.1, -0.05) is 31.4 Å². The highest BCUT2D eigenvalue weighted by Crippen LogP contribution is 2.17. The van der Waals surface area contributed by atoms with E-state index in [1.807, 2.05) is 6.92 Å². The first kappa shape index (κ1) is 13.7. The van der Waals surface area contributed by atoms with E-state index in [1.165, 1.54) is 6.20 Å². The summed E-state index contributed by atoms with van der Waals surface area (Å²) < 4.78 is 13.4. The molecule has 17 heavy (non-hydrogen) atoms. The SMILES string of the molecule is CCCCC(Nc1ncc(Cl)cc1F)C(=O)O. The monoisotopic (exact) mass is 260 g/mol. The van der Waals surface area contributed by atoms with E-state index in [2.05, 4.69) is 10.3 Å². The number of carboxylic acid groups (broad SMARTS) is 1. The fourth-order valence-electron chi connectivity index (χ4n) is 1.35. The maximum Gasteiger partial charge on any atom is 0.326 e. The predicted octanol–water partition coefficient (Wildman–Crippen LogP) is 2.93. The molecule has 0 aliphatic carbocycles. The molecule has 0 amide bonds. The average Bonchev–Trinajstić information content (AvgIpc) is 2.26. The van der Waals surface area contributed by atoms with E-state index in [9.17, 15) is 9.18 Å². The highest BCUT2D eigenvalue weighted by molar-refractivity contribution is 6.30. The molecule has 4 nitrogen and oxygen atoms in total. The third-order valence-corrected chi connectivity index (χ3v) is 2.47. The quantitative estimate of drug-likeness (QED) is 0.826. The second-order valence-electron chi connectivity index (χ2n) is 3.66. The molecule has 0 aromatic carbocycles. The number of hydrogen-bond donors (Lipinski definition) is 2. The summed E-state index contributed by atoms with van der Waals surface area (Å²) in [5.74, 6) is -1.76. The van der Waals surface area contributed by atoms with Gasteiger partial charge in [0.25, 0.3) is 0 Å². The number of hydrogen-bond acceptors (Lipinski definition) is 3. The van der Waals surface area contributed by atoms with Gasteiger partial charge in [-0.3, -0.25) is 0 Å². The van der Waals surface area contributed by atoms with Crippen LogP contribution in [0.1, 0.15) is 26.2 Å². The topological polar surface area (TPSA) is 62.2 Å². The van der Waals surface area contributed by atoms with Gasteiger partial charge in [0.1, 0.15) is 6.04 Å². The summed E-state index contributed by atoms with van der Waals surface area (Å²) in [7, 11) is 0. The average molecular weight is 261 g/mol. The molecular formula is C11H14ClFN2O2. The molecule has 0 aliphatic rings. The Balaban J connectivity index is 2.75. The zero-order chi connectivity index (χ0) is 12.8. The molecule has 0 spiro atoms. The third kappa shape index (κ3) is 4.19. The molecule has 0 bridgehead atoms. The molecule has 6 heteroatoms. The van der Waals surface area contributed by atoms with Crippen molar-refractivity contribution in [3.05, 3.63) is 23.1 Å². The van der Waals surface area contributed by atoms with E-state index < -0.39 is 17.8 Å². The van der Waals surface area contributed by atoms with Crippen LogP contribution in [0.15, 0.2) is 12.3 Å². The van der Waals surface area contributed by atoms with Crippen molar-refractivity contribution in [1.29, 1.82) is 0 Å². The van der Waals surface area contributed by atoms with Crippen molar-refractivity contribution < 1.29 is 14.3 Å². The van der Waals surface area contributed by atoms with Crippen LogP contribution in [0.4, 0.5) is 10.2 Å². The van der Waals surface area contributed by atoms with E-state index in [1.54, 1.807) is 0 Å². The summed E-state index contributed by atoms with van der Waals surface area (Å²) >= 11 is 5.55. The maximum atomic E-state index is 13.4. The number of carboxylic acids is 1. The second-order valence-corrected chi connectivity index (χ2v) is 4.10. The van der Waals surface area contributed by atoms with Crippen molar-refractivity contribution in [2.24, 2.45) is 0 Å². The molecule has 1 aromatic heterocycles. The Hall–Kier alpha value is -1.36. The van der Waals surface area contributed by atoms with Crippen LogP contribution in [0.5, 0.6) is 0 Å². The molecule has 1 heterocycles. The Labute approximate surface area is 104 Å². The normalized spacial score (nSPS) is 12.2. The van der Waals surface area contributed by atoms with Gasteiger partial charge in [-0.25, -0.2) is 14.2 Å². The number of pyridine rings is 1. The predicted molar refractivity (Wildman–Crippen MR) is 63.8 cm³/mol. The maximum absolute atomic E-state index is 13.4. The van der Waals surface area contributed by atoms with Gasteiger partial charge in [-0.15, -0.1) is 0 Å². The zero-order valence-electron chi connectivity index (χ0n) is 9.41. The molecule has 1 rings (SSSR count). The van der Waals surface area contributed by atoms with Gasteiger partial charge in [0.05, 0.1) is 5.02 Å². The summed E-state index contributed by atoms with van der Waals surface area (Å²) in [6.07, 6.45) is 3.32. The van der Waals surface area contributed by atoms with Crippen LogP contribution < -0.4 is 5.32 Å². The lowest BCUT2D eigenvalue weighted by atomic mass is 10.1. The first-order valence-corrected chi connectivity index (χ1v) is 5.72. The van der Waals surface area contributed by atoms with E-state index in [-0.39, 0.29) is 10.8 Å².